The maximum absolute atomic E-state index is 11.9. The Morgan fingerprint density at radius 1 is 1.64 bits per heavy atom. The number of amides is 2. The van der Waals surface area contributed by atoms with E-state index in [1.165, 1.54) is 0 Å². The third kappa shape index (κ3) is 2.05. The molecule has 1 saturated heterocycles. The number of piperidine rings is 1. The summed E-state index contributed by atoms with van der Waals surface area (Å²) < 4.78 is 0. The van der Waals surface area contributed by atoms with E-state index < -0.39 is 5.41 Å². The van der Waals surface area contributed by atoms with Crippen molar-refractivity contribution in [2.24, 2.45) is 5.41 Å². The Labute approximate surface area is 84.7 Å². The summed E-state index contributed by atoms with van der Waals surface area (Å²) in [5.74, 6) is 0.0615. The summed E-state index contributed by atoms with van der Waals surface area (Å²) in [6.45, 7) is 5.11. The molecule has 1 unspecified atom stereocenters. The van der Waals surface area contributed by atoms with Crippen molar-refractivity contribution in [3.8, 4) is 0 Å². The van der Waals surface area contributed by atoms with Crippen molar-refractivity contribution in [2.45, 2.75) is 26.7 Å². The molecule has 1 rings (SSSR count). The number of nitrogens with one attached hydrogen (secondary N) is 1. The fourth-order valence-electron chi connectivity index (χ4n) is 1.77. The van der Waals surface area contributed by atoms with Gasteiger partial charge in [-0.3, -0.25) is 9.59 Å². The van der Waals surface area contributed by atoms with Gasteiger partial charge in [0, 0.05) is 26.6 Å². The molecule has 0 saturated carbocycles. The molecule has 1 N–H and O–H groups in total. The Kier molecular flexibility index (Phi) is 3.13. The summed E-state index contributed by atoms with van der Waals surface area (Å²) >= 11 is 0. The summed E-state index contributed by atoms with van der Waals surface area (Å²) in [7, 11) is 1.78. The van der Waals surface area contributed by atoms with Crippen molar-refractivity contribution in [2.75, 3.05) is 20.1 Å². The molecule has 1 atom stereocenters. The highest BCUT2D eigenvalue weighted by atomic mass is 16.2. The van der Waals surface area contributed by atoms with Crippen LogP contribution in [0.25, 0.3) is 0 Å². The van der Waals surface area contributed by atoms with E-state index in [0.29, 0.717) is 19.5 Å². The molecule has 14 heavy (non-hydrogen) atoms. The molecule has 2 amide bonds. The van der Waals surface area contributed by atoms with Crippen LogP contribution < -0.4 is 5.32 Å². The normalized spacial score (nSPS) is 26.9. The minimum absolute atomic E-state index is 0.0170. The second kappa shape index (κ2) is 3.98. The van der Waals surface area contributed by atoms with E-state index in [4.69, 9.17) is 0 Å². The molecule has 0 aromatic heterocycles. The van der Waals surface area contributed by atoms with Crippen molar-refractivity contribution in [1.29, 1.82) is 0 Å². The number of rotatable bonds is 2. The maximum atomic E-state index is 11.9. The molecular formula is C10H18N2O2. The largest absolute Gasteiger partial charge is 0.356 e. The van der Waals surface area contributed by atoms with E-state index in [1.54, 1.807) is 11.9 Å². The molecule has 0 radical (unpaired) electrons. The van der Waals surface area contributed by atoms with Gasteiger partial charge in [-0.15, -0.1) is 0 Å². The van der Waals surface area contributed by atoms with Crippen molar-refractivity contribution in [1.82, 2.24) is 10.2 Å². The van der Waals surface area contributed by atoms with Gasteiger partial charge < -0.3 is 10.2 Å². The molecule has 0 aliphatic carbocycles. The van der Waals surface area contributed by atoms with Crippen LogP contribution in [0.4, 0.5) is 0 Å². The summed E-state index contributed by atoms with van der Waals surface area (Å²) in [4.78, 5) is 24.8. The van der Waals surface area contributed by atoms with Crippen LogP contribution in [0.15, 0.2) is 0 Å². The second-order valence-electron chi connectivity index (χ2n) is 4.16. The third-order valence-corrected chi connectivity index (χ3v) is 2.89. The van der Waals surface area contributed by atoms with E-state index in [1.807, 2.05) is 13.8 Å². The van der Waals surface area contributed by atoms with Crippen molar-refractivity contribution in [3.05, 3.63) is 0 Å². The predicted octanol–water partition coefficient (Wildman–Crippen LogP) is 0.381. The quantitative estimate of drug-likeness (QED) is 0.697. The first-order valence-corrected chi connectivity index (χ1v) is 5.02. The average molecular weight is 198 g/mol. The molecule has 4 heteroatoms. The lowest BCUT2D eigenvalue weighted by Gasteiger charge is -2.34. The van der Waals surface area contributed by atoms with Gasteiger partial charge in [0.05, 0.1) is 5.41 Å². The molecule has 80 valence electrons. The molecule has 1 fully saturated rings. The van der Waals surface area contributed by atoms with Crippen LogP contribution in [0, 0.1) is 5.41 Å². The van der Waals surface area contributed by atoms with Crippen LogP contribution in [0.5, 0.6) is 0 Å². The lowest BCUT2D eigenvalue weighted by Crippen LogP contribution is -2.48. The zero-order valence-corrected chi connectivity index (χ0v) is 9.09. The molecular weight excluding hydrogens is 180 g/mol. The SMILES string of the molecule is CCN(C)C(=O)C1(C)CCNC(=O)C1. The van der Waals surface area contributed by atoms with Gasteiger partial charge in [-0.1, -0.05) is 6.92 Å². The molecule has 1 heterocycles. The second-order valence-corrected chi connectivity index (χ2v) is 4.16. The lowest BCUT2D eigenvalue weighted by molar-refractivity contribution is -0.145. The topological polar surface area (TPSA) is 49.4 Å². The highest BCUT2D eigenvalue weighted by molar-refractivity contribution is 5.89. The van der Waals surface area contributed by atoms with Crippen LogP contribution in [0.3, 0.4) is 0 Å². The first-order chi connectivity index (χ1) is 6.49. The molecule has 1 aliphatic heterocycles. The molecule has 0 spiro atoms. The van der Waals surface area contributed by atoms with Gasteiger partial charge in [0.1, 0.15) is 0 Å². The van der Waals surface area contributed by atoms with E-state index in [0.717, 1.165) is 6.42 Å². The van der Waals surface area contributed by atoms with E-state index >= 15 is 0 Å². The highest BCUT2D eigenvalue weighted by Crippen LogP contribution is 2.30. The molecule has 1 aliphatic rings. The van der Waals surface area contributed by atoms with Gasteiger partial charge >= 0.3 is 0 Å². The molecule has 0 aromatic carbocycles. The highest BCUT2D eigenvalue weighted by Gasteiger charge is 2.39. The molecule has 0 aromatic rings. The molecule has 4 nitrogen and oxygen atoms in total. The number of hydrogen-bond donors (Lipinski definition) is 1. The van der Waals surface area contributed by atoms with Crippen LogP contribution in [0.1, 0.15) is 26.7 Å². The summed E-state index contributed by atoms with van der Waals surface area (Å²) in [5, 5.41) is 2.74. The number of carbonyl (C=O) groups excluding carboxylic acids is 2. The fraction of sp³-hybridized carbons (Fsp3) is 0.800. The summed E-state index contributed by atoms with van der Waals surface area (Å²) in [5.41, 5.74) is -0.493. The van der Waals surface area contributed by atoms with Crippen molar-refractivity contribution in [3.63, 3.8) is 0 Å². The Bertz CT molecular complexity index is 253. The van der Waals surface area contributed by atoms with Gasteiger partial charge in [-0.2, -0.15) is 0 Å². The summed E-state index contributed by atoms with van der Waals surface area (Å²) in [6, 6.07) is 0. The van der Waals surface area contributed by atoms with Crippen LogP contribution in [-0.4, -0.2) is 36.9 Å². The van der Waals surface area contributed by atoms with E-state index in [9.17, 15) is 9.59 Å². The van der Waals surface area contributed by atoms with Gasteiger partial charge in [0.15, 0.2) is 0 Å². The Morgan fingerprint density at radius 2 is 2.29 bits per heavy atom. The monoisotopic (exact) mass is 198 g/mol. The van der Waals surface area contributed by atoms with Crippen LogP contribution in [-0.2, 0) is 9.59 Å². The fourth-order valence-corrected chi connectivity index (χ4v) is 1.77. The third-order valence-electron chi connectivity index (χ3n) is 2.89. The number of nitrogens with zero attached hydrogens (tertiary/aromatic N) is 1. The Hall–Kier alpha value is -1.06. The van der Waals surface area contributed by atoms with Crippen molar-refractivity contribution >= 4 is 11.8 Å². The van der Waals surface area contributed by atoms with Crippen molar-refractivity contribution < 1.29 is 9.59 Å². The zero-order valence-electron chi connectivity index (χ0n) is 9.09. The first kappa shape index (κ1) is 11.0. The standard InChI is InChI=1S/C10H18N2O2/c1-4-12(3)9(14)10(2)5-6-11-8(13)7-10/h4-7H2,1-3H3,(H,11,13). The van der Waals surface area contributed by atoms with Gasteiger partial charge in [0.25, 0.3) is 0 Å². The Morgan fingerprint density at radius 3 is 2.79 bits per heavy atom. The number of hydrogen-bond acceptors (Lipinski definition) is 2. The van der Waals surface area contributed by atoms with E-state index in [-0.39, 0.29) is 11.8 Å². The summed E-state index contributed by atoms with van der Waals surface area (Å²) in [6.07, 6.45) is 1.05. The number of carbonyl (C=O) groups is 2. The molecule has 0 bridgehead atoms. The predicted molar refractivity (Wildman–Crippen MR) is 53.7 cm³/mol. The zero-order chi connectivity index (χ0) is 10.8. The minimum Gasteiger partial charge on any atom is -0.356 e. The van der Waals surface area contributed by atoms with Crippen LogP contribution in [0.2, 0.25) is 0 Å². The van der Waals surface area contributed by atoms with Gasteiger partial charge in [0.2, 0.25) is 11.8 Å². The average Bonchev–Trinajstić information content (AvgIpc) is 2.15. The minimum atomic E-state index is -0.493. The maximum Gasteiger partial charge on any atom is 0.228 e. The van der Waals surface area contributed by atoms with Gasteiger partial charge in [-0.05, 0) is 13.3 Å². The smallest absolute Gasteiger partial charge is 0.228 e. The Balaban J connectivity index is 2.72. The van der Waals surface area contributed by atoms with Gasteiger partial charge in [-0.25, -0.2) is 0 Å². The van der Waals surface area contributed by atoms with Crippen LogP contribution >= 0.6 is 0 Å². The lowest BCUT2D eigenvalue weighted by atomic mass is 9.79. The first-order valence-electron chi connectivity index (χ1n) is 5.02. The van der Waals surface area contributed by atoms with E-state index in [2.05, 4.69) is 5.32 Å².